The molecule has 0 fully saturated rings. The van der Waals surface area contributed by atoms with Crippen LogP contribution in [0.4, 0.5) is 5.69 Å². The SMILES string of the molecule is COc1ccccc1OC(C)C(=O)Nc1ccccc1C(=O)NCc1ccccc1. The van der Waals surface area contributed by atoms with Gasteiger partial charge in [-0.2, -0.15) is 0 Å². The molecular formula is C24H24N2O4. The molecule has 0 aliphatic carbocycles. The van der Waals surface area contributed by atoms with Crippen molar-refractivity contribution >= 4 is 17.5 Å². The largest absolute Gasteiger partial charge is 0.493 e. The summed E-state index contributed by atoms with van der Waals surface area (Å²) in [5.41, 5.74) is 1.79. The van der Waals surface area contributed by atoms with E-state index in [-0.39, 0.29) is 11.8 Å². The zero-order valence-corrected chi connectivity index (χ0v) is 16.9. The van der Waals surface area contributed by atoms with Gasteiger partial charge in [-0.3, -0.25) is 9.59 Å². The first kappa shape index (κ1) is 20.9. The Kier molecular flexibility index (Phi) is 7.05. The molecule has 1 unspecified atom stereocenters. The van der Waals surface area contributed by atoms with Gasteiger partial charge < -0.3 is 20.1 Å². The summed E-state index contributed by atoms with van der Waals surface area (Å²) in [5.74, 6) is 0.367. The van der Waals surface area contributed by atoms with Gasteiger partial charge in [0.1, 0.15) is 0 Å². The lowest BCUT2D eigenvalue weighted by Gasteiger charge is -2.17. The van der Waals surface area contributed by atoms with E-state index in [1.807, 2.05) is 36.4 Å². The maximum atomic E-state index is 12.7. The van der Waals surface area contributed by atoms with Crippen molar-refractivity contribution in [3.63, 3.8) is 0 Å². The molecule has 6 nitrogen and oxygen atoms in total. The Balaban J connectivity index is 1.66. The molecule has 0 aliphatic rings. The van der Waals surface area contributed by atoms with E-state index in [2.05, 4.69) is 10.6 Å². The van der Waals surface area contributed by atoms with E-state index in [1.54, 1.807) is 49.4 Å². The van der Waals surface area contributed by atoms with Crippen molar-refractivity contribution in [2.45, 2.75) is 19.6 Å². The van der Waals surface area contributed by atoms with Crippen LogP contribution >= 0.6 is 0 Å². The number of nitrogens with one attached hydrogen (secondary N) is 2. The Bertz CT molecular complexity index is 1000. The number of methoxy groups -OCH3 is 1. The Labute approximate surface area is 175 Å². The molecule has 6 heteroatoms. The Morgan fingerprint density at radius 2 is 1.50 bits per heavy atom. The van der Waals surface area contributed by atoms with Crippen LogP contribution in [0.2, 0.25) is 0 Å². The van der Waals surface area contributed by atoms with Gasteiger partial charge >= 0.3 is 0 Å². The van der Waals surface area contributed by atoms with Crippen molar-refractivity contribution in [2.75, 3.05) is 12.4 Å². The highest BCUT2D eigenvalue weighted by molar-refractivity contribution is 6.04. The quantitative estimate of drug-likeness (QED) is 0.594. The normalized spacial score (nSPS) is 11.3. The predicted octanol–water partition coefficient (Wildman–Crippen LogP) is 4.03. The third-order valence-electron chi connectivity index (χ3n) is 4.47. The van der Waals surface area contributed by atoms with E-state index in [0.717, 1.165) is 5.56 Å². The minimum Gasteiger partial charge on any atom is -0.493 e. The van der Waals surface area contributed by atoms with E-state index in [4.69, 9.17) is 9.47 Å². The number of amides is 2. The highest BCUT2D eigenvalue weighted by Gasteiger charge is 2.19. The van der Waals surface area contributed by atoms with Crippen LogP contribution in [0.5, 0.6) is 11.5 Å². The maximum absolute atomic E-state index is 12.7. The average molecular weight is 404 g/mol. The lowest BCUT2D eigenvalue weighted by Crippen LogP contribution is -2.31. The average Bonchev–Trinajstić information content (AvgIpc) is 2.78. The minimum absolute atomic E-state index is 0.270. The molecule has 0 spiro atoms. The number of hydrogen-bond acceptors (Lipinski definition) is 4. The zero-order chi connectivity index (χ0) is 21.3. The van der Waals surface area contributed by atoms with E-state index >= 15 is 0 Å². The van der Waals surface area contributed by atoms with Crippen molar-refractivity contribution in [1.29, 1.82) is 0 Å². The van der Waals surface area contributed by atoms with Gasteiger partial charge in [0.2, 0.25) is 0 Å². The molecule has 0 saturated carbocycles. The fourth-order valence-corrected chi connectivity index (χ4v) is 2.86. The Hall–Kier alpha value is -3.80. The highest BCUT2D eigenvalue weighted by atomic mass is 16.5. The molecule has 2 amide bonds. The molecule has 0 aromatic heterocycles. The molecule has 3 aromatic rings. The first-order valence-electron chi connectivity index (χ1n) is 9.60. The van der Waals surface area contributed by atoms with Crippen LogP contribution in [-0.4, -0.2) is 25.0 Å². The van der Waals surface area contributed by atoms with Gasteiger partial charge in [-0.25, -0.2) is 0 Å². The number of ether oxygens (including phenoxy) is 2. The molecule has 3 rings (SSSR count). The molecule has 0 radical (unpaired) electrons. The molecule has 3 aromatic carbocycles. The fourth-order valence-electron chi connectivity index (χ4n) is 2.86. The number of anilines is 1. The summed E-state index contributed by atoms with van der Waals surface area (Å²) in [4.78, 5) is 25.3. The summed E-state index contributed by atoms with van der Waals surface area (Å²) in [7, 11) is 1.54. The van der Waals surface area contributed by atoms with Gasteiger partial charge in [0.25, 0.3) is 11.8 Å². The number of carbonyl (C=O) groups excluding carboxylic acids is 2. The van der Waals surface area contributed by atoms with Crippen molar-refractivity contribution in [3.8, 4) is 11.5 Å². The van der Waals surface area contributed by atoms with E-state index in [9.17, 15) is 9.59 Å². The summed E-state index contributed by atoms with van der Waals surface area (Å²) in [6.07, 6.45) is -0.790. The van der Waals surface area contributed by atoms with Crippen LogP contribution < -0.4 is 20.1 Å². The number of carbonyl (C=O) groups is 2. The Morgan fingerprint density at radius 3 is 2.23 bits per heavy atom. The Morgan fingerprint density at radius 1 is 0.867 bits per heavy atom. The fraction of sp³-hybridized carbons (Fsp3) is 0.167. The van der Waals surface area contributed by atoms with Crippen molar-refractivity contribution in [2.24, 2.45) is 0 Å². The van der Waals surface area contributed by atoms with Crippen LogP contribution in [0.1, 0.15) is 22.8 Å². The van der Waals surface area contributed by atoms with Gasteiger partial charge in [0, 0.05) is 6.54 Å². The van der Waals surface area contributed by atoms with Gasteiger partial charge in [0.05, 0.1) is 18.4 Å². The molecule has 0 bridgehead atoms. The van der Waals surface area contributed by atoms with E-state index < -0.39 is 6.10 Å². The molecule has 0 heterocycles. The molecule has 0 saturated heterocycles. The lowest BCUT2D eigenvalue weighted by molar-refractivity contribution is -0.122. The number of para-hydroxylation sites is 3. The van der Waals surface area contributed by atoms with Gasteiger partial charge in [0.15, 0.2) is 17.6 Å². The third kappa shape index (κ3) is 5.38. The van der Waals surface area contributed by atoms with Crippen LogP contribution in [0.3, 0.4) is 0 Å². The minimum atomic E-state index is -0.790. The zero-order valence-electron chi connectivity index (χ0n) is 16.9. The second-order valence-electron chi connectivity index (χ2n) is 6.61. The maximum Gasteiger partial charge on any atom is 0.265 e. The summed E-state index contributed by atoms with van der Waals surface area (Å²) in [6.45, 7) is 2.04. The monoisotopic (exact) mass is 404 g/mol. The van der Waals surface area contributed by atoms with Crippen molar-refractivity contribution in [1.82, 2.24) is 5.32 Å². The molecule has 1 atom stereocenters. The molecule has 30 heavy (non-hydrogen) atoms. The van der Waals surface area contributed by atoms with E-state index in [0.29, 0.717) is 29.3 Å². The summed E-state index contributed by atoms with van der Waals surface area (Å²) >= 11 is 0. The van der Waals surface area contributed by atoms with Crippen molar-refractivity contribution in [3.05, 3.63) is 90.0 Å². The summed E-state index contributed by atoms with van der Waals surface area (Å²) in [6, 6.07) is 23.6. The molecule has 0 aliphatic heterocycles. The molecular weight excluding hydrogens is 380 g/mol. The highest BCUT2D eigenvalue weighted by Crippen LogP contribution is 2.27. The topological polar surface area (TPSA) is 76.7 Å². The predicted molar refractivity (Wildman–Crippen MR) is 116 cm³/mol. The number of hydrogen-bond donors (Lipinski definition) is 2. The second-order valence-corrected chi connectivity index (χ2v) is 6.61. The molecule has 2 N–H and O–H groups in total. The summed E-state index contributed by atoms with van der Waals surface area (Å²) < 4.78 is 11.0. The van der Waals surface area contributed by atoms with Crippen LogP contribution in [0.25, 0.3) is 0 Å². The van der Waals surface area contributed by atoms with Crippen LogP contribution in [-0.2, 0) is 11.3 Å². The first-order valence-corrected chi connectivity index (χ1v) is 9.60. The number of benzene rings is 3. The standard InChI is InChI=1S/C24H24N2O4/c1-17(30-22-15-9-8-14-21(22)29-2)23(27)26-20-13-7-6-12-19(20)24(28)25-16-18-10-4-3-5-11-18/h3-15,17H,16H2,1-2H3,(H,25,28)(H,26,27). The van der Waals surface area contributed by atoms with E-state index in [1.165, 1.54) is 7.11 Å². The number of rotatable bonds is 8. The van der Waals surface area contributed by atoms with Crippen molar-refractivity contribution < 1.29 is 19.1 Å². The first-order chi connectivity index (χ1) is 14.6. The van der Waals surface area contributed by atoms with Gasteiger partial charge in [-0.1, -0.05) is 54.6 Å². The van der Waals surface area contributed by atoms with Crippen LogP contribution in [0.15, 0.2) is 78.9 Å². The van der Waals surface area contributed by atoms with Crippen LogP contribution in [0, 0.1) is 0 Å². The third-order valence-corrected chi connectivity index (χ3v) is 4.47. The second kappa shape index (κ2) is 10.1. The van der Waals surface area contributed by atoms with Gasteiger partial charge in [-0.15, -0.1) is 0 Å². The lowest BCUT2D eigenvalue weighted by atomic mass is 10.1. The van der Waals surface area contributed by atoms with Gasteiger partial charge in [-0.05, 0) is 36.8 Å². The molecule has 154 valence electrons. The smallest absolute Gasteiger partial charge is 0.265 e. The summed E-state index contributed by atoms with van der Waals surface area (Å²) in [5, 5.41) is 5.66.